The minimum atomic E-state index is 0.0474. The first-order valence-electron chi connectivity index (χ1n) is 6.84. The first kappa shape index (κ1) is 16.0. The standard InChI is InChI=1S/C16H19ClN2OS/c1-18-10-9-12-5-3-4-6-14(12)16(20)19(2)11-13-7-8-15(17)21-13/h3-8,18H,9-11H2,1-2H3. The van der Waals surface area contributed by atoms with Crippen LogP contribution in [-0.2, 0) is 13.0 Å². The molecule has 0 unspecified atom stereocenters. The number of carbonyl (C=O) groups excluding carboxylic acids is 1. The maximum Gasteiger partial charge on any atom is 0.254 e. The minimum Gasteiger partial charge on any atom is -0.337 e. The van der Waals surface area contributed by atoms with E-state index in [4.69, 9.17) is 11.6 Å². The van der Waals surface area contributed by atoms with Crippen molar-refractivity contribution < 1.29 is 4.79 Å². The summed E-state index contributed by atoms with van der Waals surface area (Å²) in [4.78, 5) is 15.4. The van der Waals surface area contributed by atoms with E-state index in [1.165, 1.54) is 11.3 Å². The van der Waals surface area contributed by atoms with Crippen molar-refractivity contribution in [3.05, 3.63) is 56.7 Å². The second-order valence-corrected chi connectivity index (χ2v) is 6.68. The number of nitrogens with one attached hydrogen (secondary N) is 1. The van der Waals surface area contributed by atoms with Crippen molar-refractivity contribution in [2.75, 3.05) is 20.6 Å². The molecule has 2 aromatic rings. The number of carbonyl (C=O) groups is 1. The van der Waals surface area contributed by atoms with E-state index < -0.39 is 0 Å². The van der Waals surface area contributed by atoms with Crippen LogP contribution < -0.4 is 5.32 Å². The summed E-state index contributed by atoms with van der Waals surface area (Å²) < 4.78 is 0.750. The number of likely N-dealkylation sites (N-methyl/N-ethyl adjacent to an activating group) is 1. The van der Waals surface area contributed by atoms with Gasteiger partial charge in [-0.2, -0.15) is 0 Å². The molecule has 0 saturated heterocycles. The molecule has 0 spiro atoms. The van der Waals surface area contributed by atoms with Crippen molar-refractivity contribution in [3.63, 3.8) is 0 Å². The summed E-state index contributed by atoms with van der Waals surface area (Å²) in [6.45, 7) is 1.44. The van der Waals surface area contributed by atoms with E-state index in [9.17, 15) is 4.79 Å². The number of nitrogens with zero attached hydrogens (tertiary/aromatic N) is 1. The maximum absolute atomic E-state index is 12.6. The second kappa shape index (κ2) is 7.59. The molecule has 0 aliphatic carbocycles. The molecule has 112 valence electrons. The van der Waals surface area contributed by atoms with Crippen molar-refractivity contribution in [3.8, 4) is 0 Å². The summed E-state index contributed by atoms with van der Waals surface area (Å²) in [5.74, 6) is 0.0474. The van der Waals surface area contributed by atoms with Crippen LogP contribution in [0.3, 0.4) is 0 Å². The highest BCUT2D eigenvalue weighted by atomic mass is 35.5. The van der Waals surface area contributed by atoms with Gasteiger partial charge in [0.25, 0.3) is 5.91 Å². The Kier molecular flexibility index (Phi) is 5.79. The van der Waals surface area contributed by atoms with Crippen molar-refractivity contribution in [1.29, 1.82) is 0 Å². The molecule has 0 aliphatic rings. The Morgan fingerprint density at radius 2 is 2.05 bits per heavy atom. The van der Waals surface area contributed by atoms with Gasteiger partial charge < -0.3 is 10.2 Å². The van der Waals surface area contributed by atoms with Gasteiger partial charge in [0.1, 0.15) is 0 Å². The summed E-state index contributed by atoms with van der Waals surface area (Å²) in [5, 5.41) is 3.12. The largest absolute Gasteiger partial charge is 0.337 e. The lowest BCUT2D eigenvalue weighted by Crippen LogP contribution is -2.27. The Morgan fingerprint density at radius 1 is 1.29 bits per heavy atom. The third-order valence-corrected chi connectivity index (χ3v) is 4.48. The third-order valence-electron chi connectivity index (χ3n) is 3.26. The quantitative estimate of drug-likeness (QED) is 0.883. The molecule has 0 radical (unpaired) electrons. The van der Waals surface area contributed by atoms with Crippen LogP contribution >= 0.6 is 22.9 Å². The van der Waals surface area contributed by atoms with E-state index in [2.05, 4.69) is 5.32 Å². The Balaban J connectivity index is 2.11. The molecular formula is C16H19ClN2OS. The topological polar surface area (TPSA) is 32.3 Å². The monoisotopic (exact) mass is 322 g/mol. The van der Waals surface area contributed by atoms with E-state index in [0.717, 1.165) is 33.3 Å². The fraction of sp³-hybridized carbons (Fsp3) is 0.312. The molecular weight excluding hydrogens is 304 g/mol. The van der Waals surface area contributed by atoms with E-state index in [1.807, 2.05) is 50.5 Å². The van der Waals surface area contributed by atoms with Gasteiger partial charge in [0.2, 0.25) is 0 Å². The average Bonchev–Trinajstić information content (AvgIpc) is 2.89. The lowest BCUT2D eigenvalue weighted by molar-refractivity contribution is 0.0785. The molecule has 0 saturated carbocycles. The number of halogens is 1. The Hall–Kier alpha value is -1.36. The Morgan fingerprint density at radius 3 is 2.71 bits per heavy atom. The molecule has 3 nitrogen and oxygen atoms in total. The second-order valence-electron chi connectivity index (χ2n) is 4.88. The van der Waals surface area contributed by atoms with E-state index in [1.54, 1.807) is 4.90 Å². The lowest BCUT2D eigenvalue weighted by atomic mass is 10.0. The van der Waals surface area contributed by atoms with Crippen LogP contribution in [0.1, 0.15) is 20.8 Å². The molecule has 1 amide bonds. The van der Waals surface area contributed by atoms with Gasteiger partial charge in [-0.3, -0.25) is 4.79 Å². The highest BCUT2D eigenvalue weighted by molar-refractivity contribution is 7.16. The van der Waals surface area contributed by atoms with Crippen LogP contribution in [0.2, 0.25) is 4.34 Å². The molecule has 1 N–H and O–H groups in total. The van der Waals surface area contributed by atoms with Crippen LogP contribution in [-0.4, -0.2) is 31.4 Å². The predicted molar refractivity (Wildman–Crippen MR) is 89.2 cm³/mol. The van der Waals surface area contributed by atoms with Gasteiger partial charge in [-0.15, -0.1) is 11.3 Å². The van der Waals surface area contributed by atoms with Crippen LogP contribution in [0.15, 0.2) is 36.4 Å². The van der Waals surface area contributed by atoms with Crippen molar-refractivity contribution in [2.45, 2.75) is 13.0 Å². The summed E-state index contributed by atoms with van der Waals surface area (Å²) in [6, 6.07) is 11.6. The summed E-state index contributed by atoms with van der Waals surface area (Å²) in [6.07, 6.45) is 0.844. The number of rotatable bonds is 6. The molecule has 2 rings (SSSR count). The van der Waals surface area contributed by atoms with Crippen LogP contribution in [0.4, 0.5) is 0 Å². The molecule has 0 atom stereocenters. The first-order chi connectivity index (χ1) is 10.1. The normalized spacial score (nSPS) is 10.6. The first-order valence-corrected chi connectivity index (χ1v) is 8.03. The van der Waals surface area contributed by atoms with Gasteiger partial charge >= 0.3 is 0 Å². The SMILES string of the molecule is CNCCc1ccccc1C(=O)N(C)Cc1ccc(Cl)s1. The lowest BCUT2D eigenvalue weighted by Gasteiger charge is -2.18. The fourth-order valence-electron chi connectivity index (χ4n) is 2.15. The number of benzene rings is 1. The van der Waals surface area contributed by atoms with Crippen molar-refractivity contribution in [1.82, 2.24) is 10.2 Å². The van der Waals surface area contributed by atoms with Crippen molar-refractivity contribution in [2.24, 2.45) is 0 Å². The van der Waals surface area contributed by atoms with E-state index in [0.29, 0.717) is 6.54 Å². The Labute approximate surface area is 134 Å². The molecule has 0 fully saturated rings. The van der Waals surface area contributed by atoms with Crippen LogP contribution in [0.25, 0.3) is 0 Å². The van der Waals surface area contributed by atoms with Gasteiger partial charge in [0, 0.05) is 17.5 Å². The van der Waals surface area contributed by atoms with Gasteiger partial charge in [0.15, 0.2) is 0 Å². The zero-order chi connectivity index (χ0) is 15.2. The van der Waals surface area contributed by atoms with E-state index >= 15 is 0 Å². The maximum atomic E-state index is 12.6. The zero-order valence-corrected chi connectivity index (χ0v) is 13.8. The number of hydrogen-bond acceptors (Lipinski definition) is 3. The zero-order valence-electron chi connectivity index (χ0n) is 12.2. The molecule has 0 aliphatic heterocycles. The third kappa shape index (κ3) is 4.30. The minimum absolute atomic E-state index is 0.0474. The van der Waals surface area contributed by atoms with Crippen LogP contribution in [0.5, 0.6) is 0 Å². The summed E-state index contributed by atoms with van der Waals surface area (Å²) >= 11 is 7.44. The van der Waals surface area contributed by atoms with Gasteiger partial charge in [-0.1, -0.05) is 29.8 Å². The highest BCUT2D eigenvalue weighted by Gasteiger charge is 2.16. The van der Waals surface area contributed by atoms with Gasteiger partial charge in [0.05, 0.1) is 10.9 Å². The van der Waals surface area contributed by atoms with Gasteiger partial charge in [-0.25, -0.2) is 0 Å². The number of amides is 1. The molecule has 1 heterocycles. The molecule has 5 heteroatoms. The van der Waals surface area contributed by atoms with Gasteiger partial charge in [-0.05, 0) is 43.8 Å². The summed E-state index contributed by atoms with van der Waals surface area (Å²) in [7, 11) is 3.74. The highest BCUT2D eigenvalue weighted by Crippen LogP contribution is 2.23. The molecule has 1 aromatic carbocycles. The van der Waals surface area contributed by atoms with E-state index in [-0.39, 0.29) is 5.91 Å². The predicted octanol–water partition coefficient (Wildman–Crippen LogP) is 3.44. The molecule has 0 bridgehead atoms. The average molecular weight is 323 g/mol. The molecule has 1 aromatic heterocycles. The number of thiophene rings is 1. The smallest absolute Gasteiger partial charge is 0.254 e. The van der Waals surface area contributed by atoms with Crippen molar-refractivity contribution >= 4 is 28.8 Å². The Bertz CT molecular complexity index is 612. The van der Waals surface area contributed by atoms with Crippen LogP contribution in [0, 0.1) is 0 Å². The molecule has 21 heavy (non-hydrogen) atoms. The fourth-order valence-corrected chi connectivity index (χ4v) is 3.30. The summed E-state index contributed by atoms with van der Waals surface area (Å²) in [5.41, 5.74) is 1.85. The number of hydrogen-bond donors (Lipinski definition) is 1.